The van der Waals surface area contributed by atoms with Crippen LogP contribution in [0.15, 0.2) is 17.2 Å². The number of fused-ring (bicyclic) bond motifs is 1. The fraction of sp³-hybridized carbons (Fsp3) is 0.500. The highest BCUT2D eigenvalue weighted by molar-refractivity contribution is 5.25. The molecule has 3 N–H and O–H groups in total. The summed E-state index contributed by atoms with van der Waals surface area (Å²) in [7, 11) is 0. The summed E-state index contributed by atoms with van der Waals surface area (Å²) in [6, 6.07) is 1.78. The average Bonchev–Trinajstić information content (AvgIpc) is 2.87. The van der Waals surface area contributed by atoms with Gasteiger partial charge in [0.1, 0.15) is 6.33 Å². The summed E-state index contributed by atoms with van der Waals surface area (Å²) in [5, 5.41) is 2.71. The molecule has 2 aromatic rings. The SMILES string of the molecule is N[C@H]1CCN(Cc2cc(=O)n3[nH]cnc3n2)C1. The topological polar surface area (TPSA) is 92.3 Å². The van der Waals surface area contributed by atoms with Crippen molar-refractivity contribution in [2.45, 2.75) is 19.0 Å². The minimum Gasteiger partial charge on any atom is -0.326 e. The summed E-state index contributed by atoms with van der Waals surface area (Å²) in [6.45, 7) is 2.48. The predicted molar refractivity (Wildman–Crippen MR) is 61.5 cm³/mol. The Bertz CT molecular complexity index is 588. The van der Waals surface area contributed by atoms with Crippen LogP contribution in [0.1, 0.15) is 12.1 Å². The third-order valence-corrected chi connectivity index (χ3v) is 3.02. The van der Waals surface area contributed by atoms with Gasteiger partial charge in [-0.05, 0) is 6.42 Å². The molecule has 0 aliphatic carbocycles. The van der Waals surface area contributed by atoms with E-state index in [1.165, 1.54) is 16.9 Å². The van der Waals surface area contributed by atoms with Crippen LogP contribution >= 0.6 is 0 Å². The Labute approximate surface area is 97.3 Å². The number of hydrogen-bond donors (Lipinski definition) is 2. The van der Waals surface area contributed by atoms with E-state index in [4.69, 9.17) is 5.73 Å². The smallest absolute Gasteiger partial charge is 0.274 e. The number of aromatic nitrogens is 4. The van der Waals surface area contributed by atoms with E-state index in [0.29, 0.717) is 12.3 Å². The van der Waals surface area contributed by atoms with Crippen molar-refractivity contribution in [3.63, 3.8) is 0 Å². The van der Waals surface area contributed by atoms with Crippen LogP contribution in [0.4, 0.5) is 0 Å². The van der Waals surface area contributed by atoms with Gasteiger partial charge in [-0.2, -0.15) is 4.52 Å². The molecule has 1 aliphatic rings. The third-order valence-electron chi connectivity index (χ3n) is 3.02. The van der Waals surface area contributed by atoms with Crippen LogP contribution in [0.25, 0.3) is 5.78 Å². The fourth-order valence-corrected chi connectivity index (χ4v) is 2.18. The molecular weight excluding hydrogens is 220 g/mol. The minimum absolute atomic E-state index is 0.133. The van der Waals surface area contributed by atoms with Gasteiger partial charge in [-0.15, -0.1) is 0 Å². The second-order valence-electron chi connectivity index (χ2n) is 4.39. The number of nitrogens with zero attached hydrogens (tertiary/aromatic N) is 4. The van der Waals surface area contributed by atoms with E-state index in [2.05, 4.69) is 20.0 Å². The van der Waals surface area contributed by atoms with E-state index in [1.807, 2.05) is 0 Å². The molecule has 1 aliphatic heterocycles. The van der Waals surface area contributed by atoms with Gasteiger partial charge in [-0.25, -0.2) is 9.97 Å². The number of rotatable bonds is 2. The first-order valence-corrected chi connectivity index (χ1v) is 5.62. The molecule has 90 valence electrons. The number of H-pyrrole nitrogens is 1. The van der Waals surface area contributed by atoms with Crippen molar-refractivity contribution in [1.29, 1.82) is 0 Å². The summed E-state index contributed by atoms with van der Waals surface area (Å²) in [5.74, 6) is 0.413. The average molecular weight is 234 g/mol. The monoisotopic (exact) mass is 234 g/mol. The zero-order chi connectivity index (χ0) is 11.8. The molecule has 3 rings (SSSR count). The second kappa shape index (κ2) is 3.94. The number of nitrogens with two attached hydrogens (primary N) is 1. The molecule has 0 aromatic carbocycles. The normalized spacial score (nSPS) is 21.4. The predicted octanol–water partition coefficient (Wildman–Crippen LogP) is -1.05. The lowest BCUT2D eigenvalue weighted by Crippen LogP contribution is -2.27. The van der Waals surface area contributed by atoms with E-state index in [9.17, 15) is 4.79 Å². The Morgan fingerprint density at radius 1 is 1.59 bits per heavy atom. The maximum Gasteiger partial charge on any atom is 0.274 e. The van der Waals surface area contributed by atoms with Crippen LogP contribution < -0.4 is 11.3 Å². The lowest BCUT2D eigenvalue weighted by atomic mass is 10.3. The van der Waals surface area contributed by atoms with Crippen molar-refractivity contribution in [2.75, 3.05) is 13.1 Å². The zero-order valence-electron chi connectivity index (χ0n) is 9.33. The van der Waals surface area contributed by atoms with E-state index < -0.39 is 0 Å². The Morgan fingerprint density at radius 3 is 3.24 bits per heavy atom. The summed E-state index contributed by atoms with van der Waals surface area (Å²) in [6.07, 6.45) is 2.46. The minimum atomic E-state index is -0.133. The van der Waals surface area contributed by atoms with E-state index in [1.54, 1.807) is 0 Å². The summed E-state index contributed by atoms with van der Waals surface area (Å²) >= 11 is 0. The molecule has 1 atom stereocenters. The van der Waals surface area contributed by atoms with Crippen LogP contribution in [-0.2, 0) is 6.54 Å². The molecule has 0 saturated carbocycles. The van der Waals surface area contributed by atoms with Crippen LogP contribution in [0.2, 0.25) is 0 Å². The van der Waals surface area contributed by atoms with Gasteiger partial charge in [0.25, 0.3) is 11.3 Å². The highest BCUT2D eigenvalue weighted by atomic mass is 16.1. The lowest BCUT2D eigenvalue weighted by Gasteiger charge is -2.13. The molecule has 2 aromatic heterocycles. The van der Waals surface area contributed by atoms with Gasteiger partial charge in [0.05, 0.1) is 5.69 Å². The van der Waals surface area contributed by atoms with Crippen LogP contribution in [0, 0.1) is 0 Å². The van der Waals surface area contributed by atoms with Gasteiger partial charge in [-0.1, -0.05) is 0 Å². The van der Waals surface area contributed by atoms with E-state index >= 15 is 0 Å². The molecule has 1 fully saturated rings. The maximum absolute atomic E-state index is 11.7. The second-order valence-corrected chi connectivity index (χ2v) is 4.39. The van der Waals surface area contributed by atoms with Crippen molar-refractivity contribution < 1.29 is 0 Å². The van der Waals surface area contributed by atoms with Crippen LogP contribution in [0.3, 0.4) is 0 Å². The Morgan fingerprint density at radius 2 is 2.47 bits per heavy atom. The van der Waals surface area contributed by atoms with Crippen molar-refractivity contribution in [1.82, 2.24) is 24.5 Å². The molecule has 0 radical (unpaired) electrons. The van der Waals surface area contributed by atoms with E-state index in [-0.39, 0.29) is 11.6 Å². The Hall–Kier alpha value is -1.73. The molecule has 0 spiro atoms. The van der Waals surface area contributed by atoms with Gasteiger partial charge < -0.3 is 5.73 Å². The first-order chi connectivity index (χ1) is 8.22. The molecular formula is C10H14N6O. The van der Waals surface area contributed by atoms with Crippen molar-refractivity contribution in [3.05, 3.63) is 28.4 Å². The summed E-state index contributed by atoms with van der Waals surface area (Å²) < 4.78 is 1.32. The fourth-order valence-electron chi connectivity index (χ4n) is 2.18. The molecule has 7 nitrogen and oxygen atoms in total. The summed E-state index contributed by atoms with van der Waals surface area (Å²) in [5.41, 5.74) is 6.45. The van der Waals surface area contributed by atoms with Gasteiger partial charge in [0.15, 0.2) is 0 Å². The number of likely N-dealkylation sites (tertiary alicyclic amines) is 1. The maximum atomic E-state index is 11.7. The van der Waals surface area contributed by atoms with Gasteiger partial charge in [0.2, 0.25) is 0 Å². The highest BCUT2D eigenvalue weighted by Gasteiger charge is 2.19. The molecule has 17 heavy (non-hydrogen) atoms. The number of aromatic amines is 1. The zero-order valence-corrected chi connectivity index (χ0v) is 9.33. The van der Waals surface area contributed by atoms with Crippen molar-refractivity contribution in [2.24, 2.45) is 5.73 Å². The Balaban J connectivity index is 1.88. The molecule has 1 saturated heterocycles. The molecule has 3 heterocycles. The lowest BCUT2D eigenvalue weighted by molar-refractivity contribution is 0.322. The third kappa shape index (κ3) is 1.94. The highest BCUT2D eigenvalue weighted by Crippen LogP contribution is 2.10. The molecule has 0 bridgehead atoms. The molecule has 7 heteroatoms. The first kappa shape index (κ1) is 10.4. The number of nitrogens with one attached hydrogen (secondary N) is 1. The molecule has 0 unspecified atom stereocenters. The van der Waals surface area contributed by atoms with Crippen molar-refractivity contribution in [3.8, 4) is 0 Å². The van der Waals surface area contributed by atoms with Crippen LogP contribution in [0.5, 0.6) is 0 Å². The standard InChI is InChI=1S/C10H14N6O/c11-7-1-2-15(4-7)5-8-3-9(17)16-10(14-8)12-6-13-16/h3,6-7H,1-2,4-5,11H2,(H,12,13,14)/t7-/m0/s1. The first-order valence-electron chi connectivity index (χ1n) is 5.62. The molecule has 0 amide bonds. The van der Waals surface area contributed by atoms with Crippen molar-refractivity contribution >= 4 is 5.78 Å². The van der Waals surface area contributed by atoms with Gasteiger partial charge in [-0.3, -0.25) is 14.8 Å². The number of hydrogen-bond acceptors (Lipinski definition) is 5. The Kier molecular flexibility index (Phi) is 2.41. The van der Waals surface area contributed by atoms with Gasteiger partial charge in [0, 0.05) is 31.7 Å². The largest absolute Gasteiger partial charge is 0.326 e. The van der Waals surface area contributed by atoms with E-state index in [0.717, 1.165) is 25.2 Å². The quantitative estimate of drug-likeness (QED) is 0.691. The van der Waals surface area contributed by atoms with Crippen LogP contribution in [-0.4, -0.2) is 43.6 Å². The summed E-state index contributed by atoms with van der Waals surface area (Å²) in [4.78, 5) is 22.2. The van der Waals surface area contributed by atoms with Gasteiger partial charge >= 0.3 is 0 Å².